The molecule has 0 aromatic carbocycles. The maximum Gasteiger partial charge on any atom is 0.306 e. The lowest BCUT2D eigenvalue weighted by atomic mass is 10.0. The molecule has 0 fully saturated rings. The minimum absolute atomic E-state index is 0.0962. The second kappa shape index (κ2) is 53.7. The molecule has 0 saturated heterocycles. The third-order valence-corrected chi connectivity index (χ3v) is 12.0. The molecule has 6 nitrogen and oxygen atoms in total. The Labute approximate surface area is 402 Å². The number of carbonyl (C=O) groups is 3. The fourth-order valence-corrected chi connectivity index (χ4v) is 7.77. The van der Waals surface area contributed by atoms with Gasteiger partial charge in [0.2, 0.25) is 0 Å². The number of unbranched alkanes of at least 4 members (excludes halogenated alkanes) is 29. The fourth-order valence-electron chi connectivity index (χ4n) is 7.77. The van der Waals surface area contributed by atoms with Crippen molar-refractivity contribution >= 4 is 17.9 Å². The quantitative estimate of drug-likeness (QED) is 0.0262. The predicted molar refractivity (Wildman–Crippen MR) is 279 cm³/mol. The van der Waals surface area contributed by atoms with Gasteiger partial charge in [-0.15, -0.1) is 0 Å². The van der Waals surface area contributed by atoms with Crippen LogP contribution in [0.1, 0.15) is 278 Å². The highest BCUT2D eigenvalue weighted by atomic mass is 16.6. The molecule has 6 heteroatoms. The van der Waals surface area contributed by atoms with Gasteiger partial charge in [-0.05, 0) is 77.0 Å². The Morgan fingerprint density at radius 1 is 0.308 bits per heavy atom. The van der Waals surface area contributed by atoms with E-state index in [9.17, 15) is 14.4 Å². The van der Waals surface area contributed by atoms with Crippen LogP contribution in [0.2, 0.25) is 0 Å². The minimum atomic E-state index is -0.803. The van der Waals surface area contributed by atoms with E-state index >= 15 is 0 Å². The van der Waals surface area contributed by atoms with Crippen molar-refractivity contribution < 1.29 is 28.6 Å². The van der Waals surface area contributed by atoms with Crippen molar-refractivity contribution in [2.45, 2.75) is 284 Å². The highest BCUT2D eigenvalue weighted by Crippen LogP contribution is 2.16. The third-order valence-electron chi connectivity index (χ3n) is 12.0. The van der Waals surface area contributed by atoms with E-state index in [1.807, 2.05) is 0 Å². The van der Waals surface area contributed by atoms with Crippen LogP contribution in [0.4, 0.5) is 0 Å². The normalized spacial score (nSPS) is 12.5. The van der Waals surface area contributed by atoms with E-state index < -0.39 is 6.10 Å². The molecule has 0 heterocycles. The molecule has 0 aromatic rings. The second-order valence-electron chi connectivity index (χ2n) is 18.5. The van der Waals surface area contributed by atoms with Crippen molar-refractivity contribution in [1.82, 2.24) is 0 Å². The van der Waals surface area contributed by atoms with Crippen LogP contribution in [0, 0.1) is 0 Å². The number of ether oxygens (including phenoxy) is 3. The van der Waals surface area contributed by atoms with Gasteiger partial charge in [-0.25, -0.2) is 0 Å². The van der Waals surface area contributed by atoms with Gasteiger partial charge in [0.05, 0.1) is 0 Å². The lowest BCUT2D eigenvalue weighted by molar-refractivity contribution is -0.167. The average molecular weight is 909 g/mol. The summed E-state index contributed by atoms with van der Waals surface area (Å²) in [5.41, 5.74) is 0. The Balaban J connectivity index is 4.39. The highest BCUT2D eigenvalue weighted by Gasteiger charge is 2.19. The SMILES string of the molecule is CCCC/C=C\CCCCCCCC(=O)OCC(COC(=O)CCCCCCCCCCCCCCCCCCCCC)OC(=O)CCC/C=C\C/C=C\C/C=C\C/C=C\CCCCC. The first-order chi connectivity index (χ1) is 32.0. The molecule has 1 unspecified atom stereocenters. The van der Waals surface area contributed by atoms with E-state index in [2.05, 4.69) is 81.5 Å². The molecule has 0 aliphatic rings. The zero-order valence-corrected chi connectivity index (χ0v) is 43.0. The maximum atomic E-state index is 12.8. The molecule has 0 amide bonds. The Morgan fingerprint density at radius 3 is 1.00 bits per heavy atom. The molecule has 0 bridgehead atoms. The zero-order valence-electron chi connectivity index (χ0n) is 43.0. The van der Waals surface area contributed by atoms with Gasteiger partial charge in [0.25, 0.3) is 0 Å². The second-order valence-corrected chi connectivity index (χ2v) is 18.5. The lowest BCUT2D eigenvalue weighted by Gasteiger charge is -2.18. The molecule has 0 spiro atoms. The molecule has 0 rings (SSSR count). The van der Waals surface area contributed by atoms with Gasteiger partial charge in [-0.2, -0.15) is 0 Å². The first-order valence-electron chi connectivity index (χ1n) is 27.8. The summed E-state index contributed by atoms with van der Waals surface area (Å²) in [6.45, 7) is 6.54. The van der Waals surface area contributed by atoms with E-state index in [-0.39, 0.29) is 37.5 Å². The van der Waals surface area contributed by atoms with Crippen molar-refractivity contribution in [3.05, 3.63) is 60.8 Å². The Hall–Kier alpha value is -2.89. The monoisotopic (exact) mass is 909 g/mol. The van der Waals surface area contributed by atoms with Crippen molar-refractivity contribution in [1.29, 1.82) is 0 Å². The summed E-state index contributed by atoms with van der Waals surface area (Å²) in [5.74, 6) is -0.954. The van der Waals surface area contributed by atoms with Gasteiger partial charge in [0.1, 0.15) is 13.2 Å². The fraction of sp³-hybridized carbons (Fsp3) is 0.780. The Bertz CT molecular complexity index is 1180. The van der Waals surface area contributed by atoms with Gasteiger partial charge in [0, 0.05) is 19.3 Å². The van der Waals surface area contributed by atoms with Crippen LogP contribution in [-0.2, 0) is 28.6 Å². The highest BCUT2D eigenvalue weighted by molar-refractivity contribution is 5.71. The Kier molecular flexibility index (Phi) is 51.3. The number of rotatable bonds is 50. The number of hydrogen-bond donors (Lipinski definition) is 0. The van der Waals surface area contributed by atoms with Crippen LogP contribution in [-0.4, -0.2) is 37.2 Å². The van der Waals surface area contributed by atoms with Crippen molar-refractivity contribution in [3.63, 3.8) is 0 Å². The van der Waals surface area contributed by atoms with Crippen LogP contribution >= 0.6 is 0 Å². The van der Waals surface area contributed by atoms with Gasteiger partial charge in [-0.1, -0.05) is 242 Å². The molecule has 65 heavy (non-hydrogen) atoms. The summed E-state index contributed by atoms with van der Waals surface area (Å²) in [7, 11) is 0. The Morgan fingerprint density at radius 2 is 0.585 bits per heavy atom. The summed E-state index contributed by atoms with van der Waals surface area (Å²) in [4.78, 5) is 38.0. The molecule has 0 N–H and O–H groups in total. The van der Waals surface area contributed by atoms with E-state index in [0.717, 1.165) is 70.6 Å². The van der Waals surface area contributed by atoms with Crippen LogP contribution < -0.4 is 0 Å². The molecule has 0 aliphatic heterocycles. The number of esters is 3. The summed E-state index contributed by atoms with van der Waals surface area (Å²) >= 11 is 0. The summed E-state index contributed by atoms with van der Waals surface area (Å²) in [5, 5.41) is 0. The van der Waals surface area contributed by atoms with E-state index in [4.69, 9.17) is 14.2 Å². The lowest BCUT2D eigenvalue weighted by Crippen LogP contribution is -2.30. The first kappa shape index (κ1) is 62.1. The van der Waals surface area contributed by atoms with Crippen molar-refractivity contribution in [2.75, 3.05) is 13.2 Å². The summed E-state index contributed by atoms with van der Waals surface area (Å²) in [6, 6.07) is 0. The predicted octanol–water partition coefficient (Wildman–Crippen LogP) is 18.4. The number of hydrogen-bond acceptors (Lipinski definition) is 6. The van der Waals surface area contributed by atoms with E-state index in [0.29, 0.717) is 19.3 Å². The molecule has 0 aliphatic carbocycles. The zero-order chi connectivity index (χ0) is 47.2. The smallest absolute Gasteiger partial charge is 0.306 e. The summed E-state index contributed by atoms with van der Waals surface area (Å²) < 4.78 is 16.8. The molecule has 0 aromatic heterocycles. The largest absolute Gasteiger partial charge is 0.462 e. The first-order valence-corrected chi connectivity index (χ1v) is 27.8. The third kappa shape index (κ3) is 51.9. The summed E-state index contributed by atoms with van der Waals surface area (Å²) in [6.07, 6.45) is 66.5. The van der Waals surface area contributed by atoms with Crippen molar-refractivity contribution in [2.24, 2.45) is 0 Å². The van der Waals surface area contributed by atoms with Gasteiger partial charge >= 0.3 is 17.9 Å². The van der Waals surface area contributed by atoms with Crippen LogP contribution in [0.5, 0.6) is 0 Å². The van der Waals surface area contributed by atoms with Crippen LogP contribution in [0.15, 0.2) is 60.8 Å². The molecule has 0 radical (unpaired) electrons. The molecule has 376 valence electrons. The maximum absolute atomic E-state index is 12.8. The molecule has 1 atom stereocenters. The minimum Gasteiger partial charge on any atom is -0.462 e. The van der Waals surface area contributed by atoms with Crippen LogP contribution in [0.25, 0.3) is 0 Å². The van der Waals surface area contributed by atoms with Gasteiger partial charge in [-0.3, -0.25) is 14.4 Å². The van der Waals surface area contributed by atoms with Crippen LogP contribution in [0.3, 0.4) is 0 Å². The standard InChI is InChI=1S/C59H104O6/c1-4-7-10-13-16-19-22-24-26-28-29-31-32-34-37-40-43-46-49-52-58(61)64-55-56(54-63-57(60)51-48-45-42-39-36-21-18-15-12-9-6-3)65-59(62)53-50-47-44-41-38-35-33-30-27-25-23-20-17-14-11-8-5-2/h15,17-18,20,25,27,33,35,41,44,56H,4-14,16,19,21-24,26,28-32,34,36-40,42-43,45-55H2,1-3H3/b18-15-,20-17-,27-25-,35-33-,44-41-. The van der Waals surface area contributed by atoms with Gasteiger partial charge in [0.15, 0.2) is 6.10 Å². The number of allylic oxidation sites excluding steroid dienone is 10. The molecular formula is C59H104O6. The van der Waals surface area contributed by atoms with E-state index in [1.54, 1.807) is 0 Å². The van der Waals surface area contributed by atoms with E-state index in [1.165, 1.54) is 161 Å². The topological polar surface area (TPSA) is 78.9 Å². The molecule has 0 saturated carbocycles. The van der Waals surface area contributed by atoms with Gasteiger partial charge < -0.3 is 14.2 Å². The average Bonchev–Trinajstić information content (AvgIpc) is 3.30. The molecular weight excluding hydrogens is 805 g/mol. The van der Waals surface area contributed by atoms with Crippen molar-refractivity contribution in [3.8, 4) is 0 Å². The number of carbonyl (C=O) groups excluding carboxylic acids is 3.